The second-order valence-electron chi connectivity index (χ2n) is 9.90. The lowest BCUT2D eigenvalue weighted by molar-refractivity contribution is -0.148. The highest BCUT2D eigenvalue weighted by Crippen LogP contribution is 2.44. The van der Waals surface area contributed by atoms with Crippen LogP contribution < -0.4 is 5.32 Å². The van der Waals surface area contributed by atoms with Gasteiger partial charge in [0.05, 0.1) is 12.2 Å². The molecule has 0 spiro atoms. The Morgan fingerprint density at radius 2 is 1.54 bits per heavy atom. The van der Waals surface area contributed by atoms with Crippen molar-refractivity contribution < 1.29 is 29.0 Å². The van der Waals surface area contributed by atoms with Crippen LogP contribution in [0.1, 0.15) is 51.7 Å². The topological polar surface area (TPSA) is 105 Å². The molecular weight excluding hydrogens is 448 g/mol. The average molecular weight is 483 g/mol. The van der Waals surface area contributed by atoms with Crippen molar-refractivity contribution in [3.63, 3.8) is 0 Å². The molecule has 2 aromatic rings. The number of nitrogens with zero attached hydrogens (tertiary/aromatic N) is 1. The van der Waals surface area contributed by atoms with Crippen molar-refractivity contribution in [2.45, 2.75) is 58.2 Å². The van der Waals surface area contributed by atoms with Crippen LogP contribution in [0.15, 0.2) is 48.5 Å². The predicted octanol–water partition coefficient (Wildman–Crippen LogP) is 4.03. The van der Waals surface area contributed by atoms with Gasteiger partial charge in [-0.15, -0.1) is 0 Å². The highest BCUT2D eigenvalue weighted by Gasteiger charge is 2.32. The number of carbonyl (C=O) groups excluding carboxylic acids is 2. The molecule has 0 saturated heterocycles. The van der Waals surface area contributed by atoms with Crippen LogP contribution in [0.4, 0.5) is 4.79 Å². The van der Waals surface area contributed by atoms with E-state index in [9.17, 15) is 19.5 Å². The Morgan fingerprint density at radius 1 is 1.00 bits per heavy atom. The molecule has 1 atom stereocenters. The van der Waals surface area contributed by atoms with Gasteiger partial charge < -0.3 is 24.8 Å². The molecule has 2 aromatic carbocycles. The molecule has 0 saturated carbocycles. The Labute approximate surface area is 206 Å². The second kappa shape index (κ2) is 10.9. The molecule has 1 aliphatic rings. The quantitative estimate of drug-likeness (QED) is 0.559. The van der Waals surface area contributed by atoms with Gasteiger partial charge in [-0.05, 0) is 56.9 Å². The van der Waals surface area contributed by atoms with E-state index in [0.29, 0.717) is 0 Å². The molecule has 2 N–H and O–H groups in total. The summed E-state index contributed by atoms with van der Waals surface area (Å²) in [5, 5.41) is 11.8. The fraction of sp³-hybridized carbons (Fsp3) is 0.444. The SMILES string of the molecule is CC(C)N(CC(=O)O)C(=O)[C@H](COC(C)(C)C)NC(=O)OCC1c2ccccc2-c2ccccc21. The van der Waals surface area contributed by atoms with Crippen LogP contribution in [0, 0.1) is 0 Å². The van der Waals surface area contributed by atoms with Crippen molar-refractivity contribution in [2.24, 2.45) is 0 Å². The van der Waals surface area contributed by atoms with Crippen LogP contribution >= 0.6 is 0 Å². The maximum absolute atomic E-state index is 13.2. The highest BCUT2D eigenvalue weighted by molar-refractivity contribution is 5.88. The second-order valence-corrected chi connectivity index (χ2v) is 9.90. The number of fused-ring (bicyclic) bond motifs is 3. The standard InChI is InChI=1S/C27H34N2O6/c1-17(2)29(14-24(30)31)25(32)23(16-35-27(3,4)5)28-26(33)34-15-22-20-12-8-6-10-18(20)19-11-7-9-13-21(19)22/h6-13,17,22-23H,14-16H2,1-5H3,(H,28,33)(H,30,31)/t23-/m0/s1. The van der Waals surface area contributed by atoms with Crippen LogP contribution in [-0.2, 0) is 19.1 Å². The highest BCUT2D eigenvalue weighted by atomic mass is 16.5. The minimum absolute atomic E-state index is 0.101. The summed E-state index contributed by atoms with van der Waals surface area (Å²) in [6.07, 6.45) is -0.762. The van der Waals surface area contributed by atoms with Crippen molar-refractivity contribution in [3.05, 3.63) is 59.7 Å². The molecule has 0 fully saturated rings. The lowest BCUT2D eigenvalue weighted by Crippen LogP contribution is -2.54. The molecule has 0 heterocycles. The number of aliphatic carboxylic acids is 1. The first kappa shape index (κ1) is 26.2. The van der Waals surface area contributed by atoms with Gasteiger partial charge in [0, 0.05) is 12.0 Å². The number of ether oxygens (including phenoxy) is 2. The zero-order valence-electron chi connectivity index (χ0n) is 20.9. The third kappa shape index (κ3) is 6.60. The number of amides is 2. The van der Waals surface area contributed by atoms with Gasteiger partial charge in [0.25, 0.3) is 0 Å². The first-order chi connectivity index (χ1) is 16.5. The summed E-state index contributed by atoms with van der Waals surface area (Å²) >= 11 is 0. The van der Waals surface area contributed by atoms with Crippen molar-refractivity contribution in [1.29, 1.82) is 0 Å². The van der Waals surface area contributed by atoms with Gasteiger partial charge in [-0.1, -0.05) is 48.5 Å². The molecule has 0 aliphatic heterocycles. The number of nitrogens with one attached hydrogen (secondary N) is 1. The molecule has 8 nitrogen and oxygen atoms in total. The summed E-state index contributed by atoms with van der Waals surface area (Å²) in [6, 6.07) is 14.6. The lowest BCUT2D eigenvalue weighted by atomic mass is 9.98. The normalized spacial score (nSPS) is 13.7. The number of benzene rings is 2. The number of hydrogen-bond donors (Lipinski definition) is 2. The fourth-order valence-electron chi connectivity index (χ4n) is 4.15. The van der Waals surface area contributed by atoms with Crippen LogP contribution in [0.5, 0.6) is 0 Å². The number of carboxylic acid groups (broad SMARTS) is 1. The van der Waals surface area contributed by atoms with Crippen molar-refractivity contribution in [2.75, 3.05) is 19.8 Å². The first-order valence-corrected chi connectivity index (χ1v) is 11.8. The largest absolute Gasteiger partial charge is 0.480 e. The van der Waals surface area contributed by atoms with E-state index in [4.69, 9.17) is 9.47 Å². The van der Waals surface area contributed by atoms with Crippen molar-refractivity contribution >= 4 is 18.0 Å². The molecule has 0 bridgehead atoms. The van der Waals surface area contributed by atoms with Gasteiger partial charge >= 0.3 is 12.1 Å². The summed E-state index contributed by atoms with van der Waals surface area (Å²) in [5.41, 5.74) is 3.84. The molecule has 2 amide bonds. The van der Waals surface area contributed by atoms with Gasteiger partial charge in [-0.3, -0.25) is 9.59 Å². The number of rotatable bonds is 9. The van der Waals surface area contributed by atoms with E-state index >= 15 is 0 Å². The van der Waals surface area contributed by atoms with Crippen LogP contribution in [0.25, 0.3) is 11.1 Å². The molecule has 188 valence electrons. The van der Waals surface area contributed by atoms with Crippen LogP contribution in [0.3, 0.4) is 0 Å². The van der Waals surface area contributed by atoms with Gasteiger partial charge in [-0.25, -0.2) is 4.79 Å². The minimum Gasteiger partial charge on any atom is -0.480 e. The molecule has 3 rings (SSSR count). The number of carboxylic acids is 1. The Morgan fingerprint density at radius 3 is 2.03 bits per heavy atom. The van der Waals surface area contributed by atoms with Crippen molar-refractivity contribution in [3.8, 4) is 11.1 Å². The van der Waals surface area contributed by atoms with E-state index in [2.05, 4.69) is 17.4 Å². The van der Waals surface area contributed by atoms with E-state index in [-0.39, 0.29) is 25.2 Å². The van der Waals surface area contributed by atoms with E-state index in [1.165, 1.54) is 4.90 Å². The Hall–Kier alpha value is -3.39. The fourth-order valence-corrected chi connectivity index (χ4v) is 4.15. The number of hydrogen-bond acceptors (Lipinski definition) is 5. The van der Waals surface area contributed by atoms with E-state index < -0.39 is 36.2 Å². The molecule has 0 unspecified atom stereocenters. The summed E-state index contributed by atoms with van der Waals surface area (Å²) < 4.78 is 11.3. The maximum Gasteiger partial charge on any atom is 0.407 e. The third-order valence-corrected chi connectivity index (χ3v) is 5.83. The molecule has 8 heteroatoms. The molecular formula is C27H34N2O6. The monoisotopic (exact) mass is 482 g/mol. The van der Waals surface area contributed by atoms with Gasteiger partial charge in [0.1, 0.15) is 19.2 Å². The third-order valence-electron chi connectivity index (χ3n) is 5.83. The maximum atomic E-state index is 13.2. The first-order valence-electron chi connectivity index (χ1n) is 11.8. The molecule has 0 radical (unpaired) electrons. The minimum atomic E-state index is -1.14. The summed E-state index contributed by atoms with van der Waals surface area (Å²) in [5.74, 6) is -1.80. The number of alkyl carbamates (subject to hydrolysis) is 1. The van der Waals surface area contributed by atoms with Gasteiger partial charge in [0.15, 0.2) is 0 Å². The Bertz CT molecular complexity index is 1030. The molecule has 0 aromatic heterocycles. The van der Waals surface area contributed by atoms with Crippen LogP contribution in [-0.4, -0.2) is 65.4 Å². The summed E-state index contributed by atoms with van der Waals surface area (Å²) in [7, 11) is 0. The van der Waals surface area contributed by atoms with Crippen molar-refractivity contribution in [1.82, 2.24) is 10.2 Å². The summed E-state index contributed by atoms with van der Waals surface area (Å²) in [4.78, 5) is 38.5. The van der Waals surface area contributed by atoms with Gasteiger partial charge in [0.2, 0.25) is 5.91 Å². The van der Waals surface area contributed by atoms with E-state index in [0.717, 1.165) is 22.3 Å². The van der Waals surface area contributed by atoms with E-state index in [1.54, 1.807) is 13.8 Å². The zero-order valence-corrected chi connectivity index (χ0v) is 20.9. The average Bonchev–Trinajstić information content (AvgIpc) is 3.11. The Balaban J connectivity index is 1.73. The molecule has 35 heavy (non-hydrogen) atoms. The smallest absolute Gasteiger partial charge is 0.407 e. The predicted molar refractivity (Wildman–Crippen MR) is 132 cm³/mol. The molecule has 1 aliphatic carbocycles. The van der Waals surface area contributed by atoms with E-state index in [1.807, 2.05) is 57.2 Å². The lowest BCUT2D eigenvalue weighted by Gasteiger charge is -2.31. The zero-order chi connectivity index (χ0) is 25.8. The summed E-state index contributed by atoms with van der Waals surface area (Å²) in [6.45, 7) is 8.44. The van der Waals surface area contributed by atoms with Gasteiger partial charge in [-0.2, -0.15) is 0 Å². The van der Waals surface area contributed by atoms with Crippen LogP contribution in [0.2, 0.25) is 0 Å². The number of carbonyl (C=O) groups is 3. The Kier molecular flexibility index (Phi) is 8.17.